The molecule has 8 heteroatoms. The quantitative estimate of drug-likeness (QED) is 0.665. The molecule has 3 aliphatic rings. The van der Waals surface area contributed by atoms with Crippen molar-refractivity contribution in [3.05, 3.63) is 33.8 Å². The van der Waals surface area contributed by atoms with Gasteiger partial charge in [-0.2, -0.15) is 0 Å². The number of cyclic esters (lactones) is 1. The molecule has 0 bridgehead atoms. The molecular weight excluding hydrogens is 384 g/mol. The summed E-state index contributed by atoms with van der Waals surface area (Å²) in [5, 5.41) is 0.555. The van der Waals surface area contributed by atoms with Crippen LogP contribution in [0, 0.1) is 0 Å². The lowest BCUT2D eigenvalue weighted by Gasteiger charge is -2.46. The van der Waals surface area contributed by atoms with Crippen LogP contribution in [0.1, 0.15) is 48.4 Å². The number of rotatable bonds is 1. The molecule has 0 aliphatic carbocycles. The smallest absolute Gasteiger partial charge is 0.410 e. The van der Waals surface area contributed by atoms with E-state index < -0.39 is 5.60 Å². The number of amides is 1. The van der Waals surface area contributed by atoms with E-state index in [0.717, 1.165) is 17.7 Å². The fourth-order valence-electron chi connectivity index (χ4n) is 3.90. The Morgan fingerprint density at radius 1 is 1.25 bits per heavy atom. The number of hydrogen-bond acceptors (Lipinski definition) is 6. The molecule has 152 valence electrons. The van der Waals surface area contributed by atoms with Gasteiger partial charge in [0.15, 0.2) is 0 Å². The number of nitrogens with zero attached hydrogens (tertiary/aromatic N) is 2. The predicted molar refractivity (Wildman–Crippen MR) is 102 cm³/mol. The minimum absolute atomic E-state index is 0.135. The molecule has 7 nitrogen and oxygen atoms in total. The van der Waals surface area contributed by atoms with Gasteiger partial charge >= 0.3 is 12.1 Å². The molecule has 2 saturated heterocycles. The van der Waals surface area contributed by atoms with Crippen LogP contribution in [-0.4, -0.2) is 66.3 Å². The van der Waals surface area contributed by atoms with Gasteiger partial charge in [0.25, 0.3) is 0 Å². The van der Waals surface area contributed by atoms with E-state index in [0.29, 0.717) is 36.8 Å². The summed E-state index contributed by atoms with van der Waals surface area (Å²) in [5.74, 6) is -0.327. The number of halogens is 1. The first-order chi connectivity index (χ1) is 13.2. The molecule has 0 saturated carbocycles. The molecular formula is C20H25ClN2O5. The zero-order chi connectivity index (χ0) is 20.1. The molecule has 4 rings (SSSR count). The van der Waals surface area contributed by atoms with Gasteiger partial charge in [0.1, 0.15) is 12.2 Å². The number of esters is 1. The number of ether oxygens (including phenoxy) is 3. The molecule has 0 spiro atoms. The lowest BCUT2D eigenvalue weighted by molar-refractivity contribution is -0.0906. The molecule has 0 radical (unpaired) electrons. The highest BCUT2D eigenvalue weighted by molar-refractivity contribution is 6.32. The first-order valence-corrected chi connectivity index (χ1v) is 9.92. The van der Waals surface area contributed by atoms with Crippen molar-refractivity contribution in [2.24, 2.45) is 0 Å². The van der Waals surface area contributed by atoms with Crippen LogP contribution in [0.15, 0.2) is 12.1 Å². The molecule has 1 amide bonds. The number of piperazine rings is 1. The lowest BCUT2D eigenvalue weighted by atomic mass is 9.99. The van der Waals surface area contributed by atoms with Crippen LogP contribution < -0.4 is 0 Å². The Kier molecular flexibility index (Phi) is 5.02. The zero-order valence-electron chi connectivity index (χ0n) is 16.4. The summed E-state index contributed by atoms with van der Waals surface area (Å²) in [6.45, 7) is 8.99. The van der Waals surface area contributed by atoms with Gasteiger partial charge < -0.3 is 19.1 Å². The molecule has 3 heterocycles. The highest BCUT2D eigenvalue weighted by Crippen LogP contribution is 2.37. The van der Waals surface area contributed by atoms with Crippen molar-refractivity contribution in [3.63, 3.8) is 0 Å². The van der Waals surface area contributed by atoms with Crippen LogP contribution >= 0.6 is 11.6 Å². The summed E-state index contributed by atoms with van der Waals surface area (Å²) >= 11 is 6.55. The van der Waals surface area contributed by atoms with Crippen LogP contribution in [0.3, 0.4) is 0 Å². The number of morpholine rings is 1. The molecule has 0 N–H and O–H groups in total. The van der Waals surface area contributed by atoms with Crippen LogP contribution in [0.2, 0.25) is 5.02 Å². The predicted octanol–water partition coefficient (Wildman–Crippen LogP) is 3.00. The Hall–Kier alpha value is -1.83. The van der Waals surface area contributed by atoms with Crippen molar-refractivity contribution >= 4 is 23.7 Å². The van der Waals surface area contributed by atoms with Crippen LogP contribution in [0.5, 0.6) is 0 Å². The fourth-order valence-corrected chi connectivity index (χ4v) is 4.24. The van der Waals surface area contributed by atoms with Crippen molar-refractivity contribution in [3.8, 4) is 0 Å². The maximum atomic E-state index is 12.3. The summed E-state index contributed by atoms with van der Waals surface area (Å²) in [4.78, 5) is 28.1. The number of fused-ring (bicyclic) bond motifs is 2. The van der Waals surface area contributed by atoms with Gasteiger partial charge in [-0.1, -0.05) is 17.7 Å². The van der Waals surface area contributed by atoms with E-state index in [1.165, 1.54) is 0 Å². The second-order valence-corrected chi connectivity index (χ2v) is 8.85. The highest BCUT2D eigenvalue weighted by atomic mass is 35.5. The maximum absolute atomic E-state index is 12.3. The molecule has 2 fully saturated rings. The Bertz CT molecular complexity index is 807. The maximum Gasteiger partial charge on any atom is 0.410 e. The first-order valence-electron chi connectivity index (χ1n) is 9.55. The summed E-state index contributed by atoms with van der Waals surface area (Å²) in [6.07, 6.45) is -0.446. The van der Waals surface area contributed by atoms with Gasteiger partial charge in [-0.15, -0.1) is 0 Å². The van der Waals surface area contributed by atoms with Crippen molar-refractivity contribution in [2.75, 3.05) is 32.8 Å². The number of carbonyl (C=O) groups is 2. The van der Waals surface area contributed by atoms with Crippen LogP contribution in [0.25, 0.3) is 0 Å². The van der Waals surface area contributed by atoms with Crippen molar-refractivity contribution in [1.82, 2.24) is 9.80 Å². The Morgan fingerprint density at radius 2 is 2.04 bits per heavy atom. The van der Waals surface area contributed by atoms with Gasteiger partial charge in [-0.25, -0.2) is 9.59 Å². The van der Waals surface area contributed by atoms with E-state index in [1.54, 1.807) is 11.0 Å². The standard InChI is InChI=1S/C20H25ClN2O5/c1-20(2,3)28-19(25)23-7-6-22-9-16(26-10-12(22)8-23)14-5-4-13-15(17(14)21)11-27-18(13)24/h4-5,12,16H,6-11H2,1-3H3/t12?,16-/m0/s1. The second-order valence-electron chi connectivity index (χ2n) is 8.47. The van der Waals surface area contributed by atoms with Gasteiger partial charge in [0.2, 0.25) is 0 Å². The third kappa shape index (κ3) is 3.71. The van der Waals surface area contributed by atoms with E-state index in [4.69, 9.17) is 25.8 Å². The molecule has 3 aliphatic heterocycles. The number of hydrogen-bond donors (Lipinski definition) is 0. The number of carbonyl (C=O) groups excluding carboxylic acids is 2. The fraction of sp³-hybridized carbons (Fsp3) is 0.600. The summed E-state index contributed by atoms with van der Waals surface area (Å²) in [5.41, 5.74) is 1.66. The monoisotopic (exact) mass is 408 g/mol. The van der Waals surface area contributed by atoms with Crippen molar-refractivity contribution in [1.29, 1.82) is 0 Å². The Balaban J connectivity index is 1.42. The molecule has 1 aromatic rings. The van der Waals surface area contributed by atoms with Crippen LogP contribution in [-0.2, 0) is 20.8 Å². The normalized spacial score (nSPS) is 25.1. The Morgan fingerprint density at radius 3 is 2.79 bits per heavy atom. The summed E-state index contributed by atoms with van der Waals surface area (Å²) in [6, 6.07) is 3.76. The minimum atomic E-state index is -0.502. The molecule has 2 atom stereocenters. The van der Waals surface area contributed by atoms with Crippen molar-refractivity contribution in [2.45, 2.75) is 45.1 Å². The zero-order valence-corrected chi connectivity index (χ0v) is 17.1. The Labute approximate surface area is 169 Å². The average Bonchev–Trinajstić information content (AvgIpc) is 3.02. The summed E-state index contributed by atoms with van der Waals surface area (Å²) < 4.78 is 16.7. The van der Waals surface area contributed by atoms with Gasteiger partial charge in [0.05, 0.1) is 29.3 Å². The topological polar surface area (TPSA) is 68.3 Å². The van der Waals surface area contributed by atoms with Crippen molar-refractivity contribution < 1.29 is 23.8 Å². The summed E-state index contributed by atoms with van der Waals surface area (Å²) in [7, 11) is 0. The number of benzene rings is 1. The van der Waals surface area contributed by atoms with Gasteiger partial charge in [-0.05, 0) is 26.8 Å². The molecule has 1 unspecified atom stereocenters. The van der Waals surface area contributed by atoms with Gasteiger partial charge in [0, 0.05) is 37.3 Å². The average molecular weight is 409 g/mol. The third-order valence-electron chi connectivity index (χ3n) is 5.33. The lowest BCUT2D eigenvalue weighted by Crippen LogP contribution is -2.60. The highest BCUT2D eigenvalue weighted by Gasteiger charge is 2.38. The van der Waals surface area contributed by atoms with E-state index in [1.807, 2.05) is 26.8 Å². The first kappa shape index (κ1) is 19.5. The SMILES string of the molecule is CC(C)(C)OC(=O)N1CCN2C[C@@H](c3ccc4c(c3Cl)COC4=O)OCC2C1. The van der Waals surface area contributed by atoms with E-state index in [2.05, 4.69) is 4.90 Å². The molecule has 1 aromatic carbocycles. The second kappa shape index (κ2) is 7.21. The van der Waals surface area contributed by atoms with E-state index in [-0.39, 0.29) is 30.8 Å². The van der Waals surface area contributed by atoms with E-state index >= 15 is 0 Å². The van der Waals surface area contributed by atoms with Gasteiger partial charge in [-0.3, -0.25) is 4.90 Å². The molecule has 28 heavy (non-hydrogen) atoms. The molecule has 0 aromatic heterocycles. The van der Waals surface area contributed by atoms with Crippen LogP contribution in [0.4, 0.5) is 4.79 Å². The van der Waals surface area contributed by atoms with E-state index in [9.17, 15) is 9.59 Å². The third-order valence-corrected chi connectivity index (χ3v) is 5.78. The largest absolute Gasteiger partial charge is 0.457 e. The minimum Gasteiger partial charge on any atom is -0.457 e.